The minimum atomic E-state index is -0.133. The van der Waals surface area contributed by atoms with E-state index in [0.29, 0.717) is 0 Å². The zero-order chi connectivity index (χ0) is 15.5. The second kappa shape index (κ2) is 6.92. The average molecular weight is 335 g/mol. The van der Waals surface area contributed by atoms with E-state index in [1.54, 1.807) is 11.3 Å². The van der Waals surface area contributed by atoms with Crippen LogP contribution in [-0.4, -0.2) is 49.3 Å². The molecule has 0 radical (unpaired) electrons. The Balaban J connectivity index is 1.81. The number of halogens is 1. The highest BCUT2D eigenvalue weighted by Gasteiger charge is 2.24. The van der Waals surface area contributed by atoms with Crippen molar-refractivity contribution in [3.8, 4) is 10.4 Å². The Labute approximate surface area is 140 Å². The van der Waals surface area contributed by atoms with E-state index in [-0.39, 0.29) is 6.04 Å². The second-order valence-electron chi connectivity index (χ2n) is 5.63. The molecule has 5 heteroatoms. The number of rotatable bonds is 4. The number of carbonyl (C=O) groups is 1. The molecule has 3 nitrogen and oxygen atoms in total. The summed E-state index contributed by atoms with van der Waals surface area (Å²) in [5.74, 6) is 0. The molecule has 0 bridgehead atoms. The van der Waals surface area contributed by atoms with E-state index in [1.807, 2.05) is 24.3 Å². The van der Waals surface area contributed by atoms with Gasteiger partial charge in [0, 0.05) is 41.0 Å². The van der Waals surface area contributed by atoms with Gasteiger partial charge in [0.15, 0.2) is 0 Å². The fraction of sp³-hybridized carbons (Fsp3) is 0.353. The van der Waals surface area contributed by atoms with Crippen LogP contribution < -0.4 is 0 Å². The fourth-order valence-electron chi connectivity index (χ4n) is 2.74. The van der Waals surface area contributed by atoms with Gasteiger partial charge in [-0.1, -0.05) is 23.7 Å². The molecule has 1 aliphatic heterocycles. The van der Waals surface area contributed by atoms with Crippen LogP contribution in [0.1, 0.15) is 10.9 Å². The smallest absolute Gasteiger partial charge is 0.142 e. The highest BCUT2D eigenvalue weighted by Crippen LogP contribution is 2.34. The highest BCUT2D eigenvalue weighted by atomic mass is 35.5. The minimum Gasteiger partial charge on any atom is -0.304 e. The minimum absolute atomic E-state index is 0.133. The largest absolute Gasteiger partial charge is 0.304 e. The lowest BCUT2D eigenvalue weighted by atomic mass is 10.1. The van der Waals surface area contributed by atoms with E-state index in [9.17, 15) is 4.79 Å². The van der Waals surface area contributed by atoms with Crippen molar-refractivity contribution in [2.45, 2.75) is 6.04 Å². The van der Waals surface area contributed by atoms with Crippen molar-refractivity contribution >= 4 is 29.2 Å². The summed E-state index contributed by atoms with van der Waals surface area (Å²) in [6, 6.07) is 11.9. The molecule has 0 aliphatic carbocycles. The third-order valence-corrected chi connectivity index (χ3v) is 5.53. The van der Waals surface area contributed by atoms with E-state index in [4.69, 9.17) is 11.6 Å². The van der Waals surface area contributed by atoms with Crippen molar-refractivity contribution < 1.29 is 4.79 Å². The number of thiophene rings is 1. The Hall–Kier alpha value is -1.20. The molecule has 1 fully saturated rings. The average Bonchev–Trinajstić information content (AvgIpc) is 3.00. The van der Waals surface area contributed by atoms with Crippen molar-refractivity contribution in [2.75, 3.05) is 33.2 Å². The summed E-state index contributed by atoms with van der Waals surface area (Å²) in [5.41, 5.74) is 1.10. The summed E-state index contributed by atoms with van der Waals surface area (Å²) >= 11 is 7.74. The van der Waals surface area contributed by atoms with Crippen molar-refractivity contribution in [2.24, 2.45) is 0 Å². The molecule has 22 heavy (non-hydrogen) atoms. The number of piperazine rings is 1. The lowest BCUT2D eigenvalue weighted by Gasteiger charge is -2.35. The zero-order valence-corrected chi connectivity index (χ0v) is 14.1. The van der Waals surface area contributed by atoms with Crippen LogP contribution in [0, 0.1) is 0 Å². The van der Waals surface area contributed by atoms with Crippen LogP contribution in [0.15, 0.2) is 36.4 Å². The van der Waals surface area contributed by atoms with Crippen LogP contribution in [-0.2, 0) is 4.79 Å². The van der Waals surface area contributed by atoms with Crippen molar-refractivity contribution in [1.82, 2.24) is 9.80 Å². The number of hydrogen-bond donors (Lipinski definition) is 0. The molecule has 2 heterocycles. The molecule has 2 aromatic rings. The normalized spacial score (nSPS) is 18.3. The number of nitrogens with zero attached hydrogens (tertiary/aromatic N) is 2. The molecule has 0 unspecified atom stereocenters. The monoisotopic (exact) mass is 334 g/mol. The molecule has 1 saturated heterocycles. The maximum atomic E-state index is 11.6. The Kier molecular flexibility index (Phi) is 4.93. The molecule has 116 valence electrons. The maximum absolute atomic E-state index is 11.6. The highest BCUT2D eigenvalue weighted by molar-refractivity contribution is 7.15. The van der Waals surface area contributed by atoms with Gasteiger partial charge in [-0.25, -0.2) is 0 Å². The van der Waals surface area contributed by atoms with E-state index < -0.39 is 0 Å². The standard InChI is InChI=1S/C17H19ClN2OS/c1-19-7-9-20(10-8-19)15(12-21)17-6-5-16(22-17)13-3-2-4-14(18)11-13/h2-6,11-12,15H,7-10H2,1H3/t15-/m0/s1. The van der Waals surface area contributed by atoms with E-state index >= 15 is 0 Å². The summed E-state index contributed by atoms with van der Waals surface area (Å²) in [5, 5.41) is 0.735. The number of hydrogen-bond acceptors (Lipinski definition) is 4. The third kappa shape index (κ3) is 3.41. The molecule has 3 rings (SSSR count). The van der Waals surface area contributed by atoms with Gasteiger partial charge in [-0.3, -0.25) is 4.90 Å². The molecule has 0 saturated carbocycles. The van der Waals surface area contributed by atoms with Gasteiger partial charge in [0.2, 0.25) is 0 Å². The fourth-order valence-corrected chi connectivity index (χ4v) is 4.03. The number of aldehydes is 1. The van der Waals surface area contributed by atoms with Gasteiger partial charge < -0.3 is 9.69 Å². The summed E-state index contributed by atoms with van der Waals surface area (Å²) in [4.78, 5) is 18.4. The van der Waals surface area contributed by atoms with Gasteiger partial charge in [-0.05, 0) is 36.9 Å². The van der Waals surface area contributed by atoms with Crippen molar-refractivity contribution in [3.63, 3.8) is 0 Å². The molecule has 0 amide bonds. The van der Waals surface area contributed by atoms with Crippen LogP contribution in [0.25, 0.3) is 10.4 Å². The van der Waals surface area contributed by atoms with Gasteiger partial charge in [0.05, 0.1) is 0 Å². The molecule has 0 spiro atoms. The van der Waals surface area contributed by atoms with Gasteiger partial charge in [0.25, 0.3) is 0 Å². The molecule has 1 atom stereocenters. The van der Waals surface area contributed by atoms with Gasteiger partial charge in [-0.2, -0.15) is 0 Å². The first-order valence-corrected chi connectivity index (χ1v) is 8.60. The SMILES string of the molecule is CN1CCN([C@@H](C=O)c2ccc(-c3cccc(Cl)c3)s2)CC1. The Morgan fingerprint density at radius 3 is 2.64 bits per heavy atom. The first-order chi connectivity index (χ1) is 10.7. The van der Waals surface area contributed by atoms with Crippen molar-refractivity contribution in [3.05, 3.63) is 46.3 Å². The first-order valence-electron chi connectivity index (χ1n) is 7.41. The lowest BCUT2D eigenvalue weighted by Crippen LogP contribution is -2.46. The quantitative estimate of drug-likeness (QED) is 0.799. The molecular formula is C17H19ClN2OS. The Bertz CT molecular complexity index is 650. The number of carbonyl (C=O) groups excluding carboxylic acids is 1. The predicted molar refractivity (Wildman–Crippen MR) is 92.6 cm³/mol. The van der Waals surface area contributed by atoms with E-state index in [2.05, 4.69) is 29.0 Å². The summed E-state index contributed by atoms with van der Waals surface area (Å²) < 4.78 is 0. The van der Waals surface area contributed by atoms with E-state index in [0.717, 1.165) is 52.8 Å². The Morgan fingerprint density at radius 2 is 1.95 bits per heavy atom. The van der Waals surface area contributed by atoms with E-state index in [1.165, 1.54) is 0 Å². The first kappa shape index (κ1) is 15.7. The number of likely N-dealkylation sites (N-methyl/N-ethyl adjacent to an activating group) is 1. The van der Waals surface area contributed by atoms with Crippen LogP contribution in [0.4, 0.5) is 0 Å². The van der Waals surface area contributed by atoms with Gasteiger partial charge in [0.1, 0.15) is 12.3 Å². The maximum Gasteiger partial charge on any atom is 0.142 e. The zero-order valence-electron chi connectivity index (χ0n) is 12.5. The molecule has 1 aliphatic rings. The predicted octanol–water partition coefficient (Wildman–Crippen LogP) is 3.56. The van der Waals surface area contributed by atoms with Gasteiger partial charge in [-0.15, -0.1) is 11.3 Å². The molecule has 1 aromatic heterocycles. The molecule has 0 N–H and O–H groups in total. The second-order valence-corrected chi connectivity index (χ2v) is 7.18. The van der Waals surface area contributed by atoms with Gasteiger partial charge >= 0.3 is 0 Å². The molecular weight excluding hydrogens is 316 g/mol. The van der Waals surface area contributed by atoms with Crippen LogP contribution in [0.2, 0.25) is 5.02 Å². The van der Waals surface area contributed by atoms with Crippen LogP contribution >= 0.6 is 22.9 Å². The lowest BCUT2D eigenvalue weighted by molar-refractivity contribution is -0.113. The number of benzene rings is 1. The van der Waals surface area contributed by atoms with Crippen LogP contribution in [0.3, 0.4) is 0 Å². The van der Waals surface area contributed by atoms with Crippen LogP contribution in [0.5, 0.6) is 0 Å². The molecule has 1 aromatic carbocycles. The summed E-state index contributed by atoms with van der Waals surface area (Å²) in [7, 11) is 2.12. The summed E-state index contributed by atoms with van der Waals surface area (Å²) in [6.07, 6.45) is 1.07. The third-order valence-electron chi connectivity index (χ3n) is 4.09. The Morgan fingerprint density at radius 1 is 1.18 bits per heavy atom. The van der Waals surface area contributed by atoms with Crippen molar-refractivity contribution in [1.29, 1.82) is 0 Å². The topological polar surface area (TPSA) is 23.6 Å². The summed E-state index contributed by atoms with van der Waals surface area (Å²) in [6.45, 7) is 3.89.